The van der Waals surface area contributed by atoms with Gasteiger partial charge in [0.05, 0.1) is 13.7 Å². The first-order valence-electron chi connectivity index (χ1n) is 7.32. The van der Waals surface area contributed by atoms with E-state index in [1.807, 2.05) is 0 Å². The third kappa shape index (κ3) is 6.77. The third-order valence-electron chi connectivity index (χ3n) is 2.83. The molecule has 0 aromatic carbocycles. The molecule has 0 unspecified atom stereocenters. The van der Waals surface area contributed by atoms with Gasteiger partial charge in [0.2, 0.25) is 5.88 Å². The largest absolute Gasteiger partial charge is 0.476 e. The quantitative estimate of drug-likeness (QED) is 0.418. The van der Waals surface area contributed by atoms with Crippen molar-refractivity contribution >= 4 is 23.5 Å². The number of nitrogens with zero attached hydrogens (tertiary/aromatic N) is 1. The maximum absolute atomic E-state index is 11.8. The second-order valence-electron chi connectivity index (χ2n) is 4.53. The normalized spacial score (nSPS) is 9.83. The highest BCUT2D eigenvalue weighted by Gasteiger charge is 2.15. The minimum absolute atomic E-state index is 0.259. The number of carbonyl (C=O) groups is 3. The Kier molecular flexibility index (Phi) is 8.12. The van der Waals surface area contributed by atoms with Gasteiger partial charge >= 0.3 is 17.8 Å². The van der Waals surface area contributed by atoms with Gasteiger partial charge in [-0.05, 0) is 31.9 Å². The fraction of sp³-hybridized carbons (Fsp3) is 0.467. The van der Waals surface area contributed by atoms with Crippen LogP contribution >= 0.6 is 0 Å². The van der Waals surface area contributed by atoms with Crippen LogP contribution in [0.4, 0.5) is 5.69 Å². The summed E-state index contributed by atoms with van der Waals surface area (Å²) >= 11 is 0. The van der Waals surface area contributed by atoms with Crippen molar-refractivity contribution in [3.8, 4) is 5.88 Å². The molecule has 2 amide bonds. The lowest BCUT2D eigenvalue weighted by Crippen LogP contribution is -2.36. The summed E-state index contributed by atoms with van der Waals surface area (Å²) in [5.41, 5.74) is 0.334. The summed E-state index contributed by atoms with van der Waals surface area (Å²) in [6, 6.07) is 3.22. The van der Waals surface area contributed by atoms with Crippen LogP contribution in [-0.2, 0) is 19.1 Å². The Morgan fingerprint density at radius 3 is 2.70 bits per heavy atom. The molecular formula is C15H21N3O5. The first-order chi connectivity index (χ1) is 11.1. The fourth-order valence-corrected chi connectivity index (χ4v) is 1.70. The summed E-state index contributed by atoms with van der Waals surface area (Å²) in [6.45, 7) is 2.49. The number of pyridine rings is 1. The van der Waals surface area contributed by atoms with Gasteiger partial charge < -0.3 is 20.1 Å². The van der Waals surface area contributed by atoms with E-state index < -0.39 is 11.8 Å². The van der Waals surface area contributed by atoms with E-state index in [9.17, 15) is 14.4 Å². The van der Waals surface area contributed by atoms with Crippen LogP contribution in [0, 0.1) is 0 Å². The number of hydrogen-bond donors (Lipinski definition) is 2. The zero-order valence-corrected chi connectivity index (χ0v) is 13.3. The minimum atomic E-state index is -0.799. The zero-order valence-electron chi connectivity index (χ0n) is 13.3. The van der Waals surface area contributed by atoms with Crippen molar-refractivity contribution in [2.75, 3.05) is 25.6 Å². The number of aromatic nitrogens is 1. The van der Waals surface area contributed by atoms with Crippen LogP contribution in [0.25, 0.3) is 0 Å². The molecule has 2 N–H and O–H groups in total. The number of anilines is 1. The minimum Gasteiger partial charge on any atom is -0.476 e. The molecule has 0 aliphatic rings. The van der Waals surface area contributed by atoms with Gasteiger partial charge in [-0.3, -0.25) is 14.4 Å². The number of unbranched alkanes of at least 4 members (excludes halogenated alkanes) is 1. The summed E-state index contributed by atoms with van der Waals surface area (Å²) in [4.78, 5) is 38.4. The molecule has 8 heteroatoms. The molecule has 1 aromatic heterocycles. The summed E-state index contributed by atoms with van der Waals surface area (Å²) < 4.78 is 9.77. The fourth-order valence-electron chi connectivity index (χ4n) is 1.70. The molecule has 23 heavy (non-hydrogen) atoms. The Morgan fingerprint density at radius 2 is 2.00 bits per heavy atom. The molecular weight excluding hydrogens is 302 g/mol. The molecule has 0 saturated heterocycles. The monoisotopic (exact) mass is 323 g/mol. The van der Waals surface area contributed by atoms with E-state index in [0.717, 1.165) is 0 Å². The molecule has 1 heterocycles. The van der Waals surface area contributed by atoms with Crippen LogP contribution < -0.4 is 15.4 Å². The van der Waals surface area contributed by atoms with E-state index in [1.165, 1.54) is 13.3 Å². The highest BCUT2D eigenvalue weighted by Crippen LogP contribution is 2.20. The topological polar surface area (TPSA) is 107 Å². The van der Waals surface area contributed by atoms with Crippen LogP contribution in [0.15, 0.2) is 18.3 Å². The average Bonchev–Trinajstić information content (AvgIpc) is 2.56. The van der Waals surface area contributed by atoms with E-state index in [1.54, 1.807) is 19.1 Å². The van der Waals surface area contributed by atoms with Gasteiger partial charge in [0.1, 0.15) is 5.69 Å². The number of ether oxygens (including phenoxy) is 2. The second kappa shape index (κ2) is 10.1. The number of esters is 1. The number of methoxy groups -OCH3 is 1. The summed E-state index contributed by atoms with van der Waals surface area (Å²) in [7, 11) is 1.32. The molecule has 8 nitrogen and oxygen atoms in total. The Hall–Kier alpha value is -2.64. The van der Waals surface area contributed by atoms with Crippen molar-refractivity contribution in [2.45, 2.75) is 26.2 Å². The van der Waals surface area contributed by atoms with Gasteiger partial charge in [-0.2, -0.15) is 0 Å². The molecule has 126 valence electrons. The molecule has 0 fully saturated rings. The Labute approximate surface area is 134 Å². The number of carbonyl (C=O) groups excluding carboxylic acids is 3. The van der Waals surface area contributed by atoms with Crippen molar-refractivity contribution in [2.24, 2.45) is 0 Å². The molecule has 0 radical (unpaired) electrons. The lowest BCUT2D eigenvalue weighted by atomic mass is 10.2. The van der Waals surface area contributed by atoms with E-state index in [2.05, 4.69) is 20.4 Å². The lowest BCUT2D eigenvalue weighted by molar-refractivity contribution is -0.140. The van der Waals surface area contributed by atoms with Gasteiger partial charge in [0, 0.05) is 19.2 Å². The van der Waals surface area contributed by atoms with Gasteiger partial charge in [0.15, 0.2) is 0 Å². The molecule has 0 saturated carbocycles. The van der Waals surface area contributed by atoms with Gasteiger partial charge in [-0.15, -0.1) is 0 Å². The van der Waals surface area contributed by atoms with Gasteiger partial charge in [-0.1, -0.05) is 0 Å². The third-order valence-corrected chi connectivity index (χ3v) is 2.83. The predicted molar refractivity (Wildman–Crippen MR) is 82.9 cm³/mol. The van der Waals surface area contributed by atoms with E-state index >= 15 is 0 Å². The summed E-state index contributed by atoms with van der Waals surface area (Å²) in [5.74, 6) is -1.59. The highest BCUT2D eigenvalue weighted by molar-refractivity contribution is 6.39. The van der Waals surface area contributed by atoms with Crippen molar-refractivity contribution in [1.82, 2.24) is 10.3 Å². The zero-order chi connectivity index (χ0) is 17.1. The van der Waals surface area contributed by atoms with Crippen molar-refractivity contribution in [3.63, 3.8) is 0 Å². The number of rotatable bonds is 8. The first kappa shape index (κ1) is 18.4. The van der Waals surface area contributed by atoms with E-state index in [4.69, 9.17) is 4.74 Å². The van der Waals surface area contributed by atoms with Crippen molar-refractivity contribution in [1.29, 1.82) is 0 Å². The number of hydrogen-bond acceptors (Lipinski definition) is 6. The Bertz CT molecular complexity index is 548. The standard InChI is InChI=1S/C15H21N3O5/c1-3-23-15-11(7-6-10-17-15)18-14(21)13(20)16-9-5-4-8-12(19)22-2/h6-7,10H,3-5,8-9H2,1-2H3,(H,16,20)(H,18,21). The van der Waals surface area contributed by atoms with Crippen LogP contribution in [0.1, 0.15) is 26.2 Å². The Morgan fingerprint density at radius 1 is 1.22 bits per heavy atom. The molecule has 0 bridgehead atoms. The number of nitrogens with one attached hydrogen (secondary N) is 2. The van der Waals surface area contributed by atoms with Crippen LogP contribution in [0.2, 0.25) is 0 Å². The van der Waals surface area contributed by atoms with Crippen LogP contribution in [0.3, 0.4) is 0 Å². The average molecular weight is 323 g/mol. The molecule has 0 aliphatic heterocycles. The summed E-state index contributed by atoms with van der Waals surface area (Å²) in [5, 5.41) is 4.93. The van der Waals surface area contributed by atoms with Crippen molar-refractivity contribution in [3.05, 3.63) is 18.3 Å². The molecule has 0 spiro atoms. The van der Waals surface area contributed by atoms with Gasteiger partial charge in [-0.25, -0.2) is 4.98 Å². The van der Waals surface area contributed by atoms with Crippen LogP contribution in [0.5, 0.6) is 5.88 Å². The van der Waals surface area contributed by atoms with Crippen LogP contribution in [-0.4, -0.2) is 43.0 Å². The van der Waals surface area contributed by atoms with E-state index in [-0.39, 0.29) is 18.3 Å². The molecule has 1 rings (SSSR count). The maximum Gasteiger partial charge on any atom is 0.313 e. The highest BCUT2D eigenvalue weighted by atomic mass is 16.5. The van der Waals surface area contributed by atoms with E-state index in [0.29, 0.717) is 31.7 Å². The Balaban J connectivity index is 2.37. The summed E-state index contributed by atoms with van der Waals surface area (Å²) in [6.07, 6.45) is 2.96. The SMILES string of the molecule is CCOc1ncccc1NC(=O)C(=O)NCCCCC(=O)OC. The predicted octanol–water partition coefficient (Wildman–Crippen LogP) is 0.878. The second-order valence-corrected chi connectivity index (χ2v) is 4.53. The maximum atomic E-state index is 11.8. The molecule has 1 aromatic rings. The number of amides is 2. The lowest BCUT2D eigenvalue weighted by Gasteiger charge is -2.10. The first-order valence-corrected chi connectivity index (χ1v) is 7.32. The molecule has 0 aliphatic carbocycles. The van der Waals surface area contributed by atoms with Gasteiger partial charge in [0.25, 0.3) is 0 Å². The smallest absolute Gasteiger partial charge is 0.313 e. The molecule has 0 atom stereocenters. The van der Waals surface area contributed by atoms with Crippen molar-refractivity contribution < 1.29 is 23.9 Å².